The standard InChI is InChI=1S/C16H21NO6S/c1-23-16(18)14(8-11-4-2-3-5-11)12-6-7-13(10-24(21)22)15(9-12)17(19)20/h6-7,9,11,14H,2-5,8,10H2,1H3,(H,21,22). The fraction of sp³-hybridized carbons (Fsp3) is 0.562. The zero-order chi connectivity index (χ0) is 17.7. The van der Waals surface area contributed by atoms with Crippen molar-refractivity contribution in [3.05, 3.63) is 39.4 Å². The largest absolute Gasteiger partial charge is 0.469 e. The highest BCUT2D eigenvalue weighted by Crippen LogP contribution is 2.36. The molecule has 1 aromatic rings. The van der Waals surface area contributed by atoms with E-state index < -0.39 is 27.9 Å². The summed E-state index contributed by atoms with van der Waals surface area (Å²) in [6, 6.07) is 4.40. The average molecular weight is 355 g/mol. The molecule has 0 saturated heterocycles. The fourth-order valence-electron chi connectivity index (χ4n) is 3.31. The van der Waals surface area contributed by atoms with Crippen LogP contribution in [0.1, 0.15) is 49.1 Å². The Hall–Kier alpha value is -1.80. The zero-order valence-corrected chi connectivity index (χ0v) is 14.3. The van der Waals surface area contributed by atoms with Crippen LogP contribution in [0.4, 0.5) is 5.69 Å². The Balaban J connectivity index is 2.34. The van der Waals surface area contributed by atoms with E-state index in [2.05, 4.69) is 0 Å². The molecule has 2 rings (SSSR count). The first-order valence-electron chi connectivity index (χ1n) is 7.85. The minimum absolute atomic E-state index is 0.175. The minimum atomic E-state index is -2.17. The van der Waals surface area contributed by atoms with Gasteiger partial charge in [0.25, 0.3) is 5.69 Å². The fourth-order valence-corrected chi connectivity index (χ4v) is 3.82. The van der Waals surface area contributed by atoms with Crippen molar-refractivity contribution in [3.8, 4) is 0 Å². The van der Waals surface area contributed by atoms with Crippen molar-refractivity contribution in [1.29, 1.82) is 0 Å². The minimum Gasteiger partial charge on any atom is -0.469 e. The summed E-state index contributed by atoms with van der Waals surface area (Å²) in [4.78, 5) is 22.8. The first-order chi connectivity index (χ1) is 11.4. The summed E-state index contributed by atoms with van der Waals surface area (Å²) in [7, 11) is 1.31. The molecule has 2 atom stereocenters. The molecule has 0 spiro atoms. The molecule has 132 valence electrons. The number of nitro groups is 1. The molecule has 0 aromatic heterocycles. The molecule has 1 aliphatic rings. The maximum absolute atomic E-state index is 12.2. The Bertz CT molecular complexity index is 641. The molecule has 24 heavy (non-hydrogen) atoms. The molecule has 1 aromatic carbocycles. The van der Waals surface area contributed by atoms with Crippen molar-refractivity contribution in [2.75, 3.05) is 7.11 Å². The van der Waals surface area contributed by atoms with Crippen molar-refractivity contribution in [2.45, 2.75) is 43.8 Å². The van der Waals surface area contributed by atoms with Gasteiger partial charge in [0.05, 0.1) is 23.7 Å². The second-order valence-electron chi connectivity index (χ2n) is 6.07. The molecular weight excluding hydrogens is 334 g/mol. The highest BCUT2D eigenvalue weighted by Gasteiger charge is 2.29. The van der Waals surface area contributed by atoms with Crippen LogP contribution in [0.2, 0.25) is 0 Å². The molecule has 1 aliphatic carbocycles. The number of carbonyl (C=O) groups is 1. The first kappa shape index (κ1) is 18.5. The van der Waals surface area contributed by atoms with Gasteiger partial charge in [-0.15, -0.1) is 0 Å². The number of nitro benzene ring substituents is 1. The smallest absolute Gasteiger partial charge is 0.313 e. The normalized spacial score (nSPS) is 17.4. The number of benzene rings is 1. The van der Waals surface area contributed by atoms with E-state index in [4.69, 9.17) is 9.29 Å². The summed E-state index contributed by atoms with van der Waals surface area (Å²) in [5.74, 6) is -0.861. The lowest BCUT2D eigenvalue weighted by atomic mass is 9.87. The Morgan fingerprint density at radius 1 is 1.46 bits per heavy atom. The molecule has 0 amide bonds. The van der Waals surface area contributed by atoms with E-state index in [1.165, 1.54) is 19.2 Å². The van der Waals surface area contributed by atoms with E-state index in [0.717, 1.165) is 25.7 Å². The third-order valence-corrected chi connectivity index (χ3v) is 5.07. The van der Waals surface area contributed by atoms with Crippen LogP contribution >= 0.6 is 0 Å². The highest BCUT2D eigenvalue weighted by atomic mass is 32.2. The summed E-state index contributed by atoms with van der Waals surface area (Å²) in [6.45, 7) is 0. The molecular formula is C16H21NO6S. The number of methoxy groups -OCH3 is 1. The van der Waals surface area contributed by atoms with Gasteiger partial charge in [-0.2, -0.15) is 0 Å². The lowest BCUT2D eigenvalue weighted by molar-refractivity contribution is -0.385. The van der Waals surface area contributed by atoms with Gasteiger partial charge in [-0.25, -0.2) is 4.21 Å². The Morgan fingerprint density at radius 3 is 2.67 bits per heavy atom. The van der Waals surface area contributed by atoms with Crippen LogP contribution in [0.25, 0.3) is 0 Å². The molecule has 1 N–H and O–H groups in total. The van der Waals surface area contributed by atoms with Gasteiger partial charge in [0.2, 0.25) is 0 Å². The lowest BCUT2D eigenvalue weighted by Crippen LogP contribution is -2.17. The van der Waals surface area contributed by atoms with Crippen LogP contribution in [-0.4, -0.2) is 26.8 Å². The monoisotopic (exact) mass is 355 g/mol. The Kier molecular flexibility index (Phi) is 6.44. The van der Waals surface area contributed by atoms with Gasteiger partial charge in [-0.05, 0) is 17.9 Å². The molecule has 0 heterocycles. The van der Waals surface area contributed by atoms with Gasteiger partial charge >= 0.3 is 5.97 Å². The first-order valence-corrected chi connectivity index (χ1v) is 9.12. The summed E-state index contributed by atoms with van der Waals surface area (Å²) in [5.41, 5.74) is 0.456. The summed E-state index contributed by atoms with van der Waals surface area (Å²) < 4.78 is 24.8. The molecule has 7 nitrogen and oxygen atoms in total. The molecule has 0 bridgehead atoms. The predicted molar refractivity (Wildman–Crippen MR) is 88.9 cm³/mol. The van der Waals surface area contributed by atoms with E-state index in [0.29, 0.717) is 17.9 Å². The van der Waals surface area contributed by atoms with Crippen LogP contribution in [0.5, 0.6) is 0 Å². The van der Waals surface area contributed by atoms with E-state index in [1.807, 2.05) is 0 Å². The maximum atomic E-state index is 12.2. The van der Waals surface area contributed by atoms with E-state index in [1.54, 1.807) is 6.07 Å². The number of hydrogen-bond donors (Lipinski definition) is 1. The van der Waals surface area contributed by atoms with Gasteiger partial charge in [0.1, 0.15) is 0 Å². The van der Waals surface area contributed by atoms with Crippen LogP contribution in [-0.2, 0) is 26.4 Å². The van der Waals surface area contributed by atoms with E-state index >= 15 is 0 Å². The van der Waals surface area contributed by atoms with E-state index in [-0.39, 0.29) is 17.0 Å². The SMILES string of the molecule is COC(=O)C(CC1CCCC1)c1ccc(CS(=O)O)c([N+](=O)[O-])c1. The van der Waals surface area contributed by atoms with Crippen LogP contribution in [0, 0.1) is 16.0 Å². The van der Waals surface area contributed by atoms with Gasteiger partial charge in [0, 0.05) is 11.6 Å². The topological polar surface area (TPSA) is 107 Å². The summed E-state index contributed by atoms with van der Waals surface area (Å²) in [6.07, 6.45) is 4.99. The van der Waals surface area contributed by atoms with Crippen LogP contribution < -0.4 is 0 Å². The van der Waals surface area contributed by atoms with Gasteiger partial charge in [-0.1, -0.05) is 37.8 Å². The van der Waals surface area contributed by atoms with Crippen molar-refractivity contribution in [2.24, 2.45) is 5.92 Å². The third kappa shape index (κ3) is 4.61. The number of carbonyl (C=O) groups excluding carboxylic acids is 1. The highest BCUT2D eigenvalue weighted by molar-refractivity contribution is 7.78. The van der Waals surface area contributed by atoms with Crippen LogP contribution in [0.15, 0.2) is 18.2 Å². The van der Waals surface area contributed by atoms with Gasteiger partial charge < -0.3 is 9.29 Å². The number of rotatable bonds is 7. The van der Waals surface area contributed by atoms with Crippen molar-refractivity contribution in [3.63, 3.8) is 0 Å². The maximum Gasteiger partial charge on any atom is 0.313 e. The quantitative estimate of drug-likeness (QED) is 0.348. The van der Waals surface area contributed by atoms with E-state index in [9.17, 15) is 19.1 Å². The second kappa shape index (κ2) is 8.34. The number of hydrogen-bond acceptors (Lipinski definition) is 5. The predicted octanol–water partition coefficient (Wildman–Crippen LogP) is 3.15. The van der Waals surface area contributed by atoms with Gasteiger partial charge in [0.15, 0.2) is 11.1 Å². The van der Waals surface area contributed by atoms with Crippen molar-refractivity contribution >= 4 is 22.7 Å². The lowest BCUT2D eigenvalue weighted by Gasteiger charge is -2.19. The second-order valence-corrected chi connectivity index (χ2v) is 7.00. The van der Waals surface area contributed by atoms with Crippen molar-refractivity contribution < 1.29 is 23.2 Å². The Morgan fingerprint density at radius 2 is 2.12 bits per heavy atom. The molecule has 1 fully saturated rings. The molecule has 0 aliphatic heterocycles. The molecule has 2 unspecified atom stereocenters. The summed E-state index contributed by atoms with van der Waals surface area (Å²) in [5, 5.41) is 11.3. The number of nitrogens with zero attached hydrogens (tertiary/aromatic N) is 1. The van der Waals surface area contributed by atoms with Crippen molar-refractivity contribution in [1.82, 2.24) is 0 Å². The average Bonchev–Trinajstić information content (AvgIpc) is 3.05. The van der Waals surface area contributed by atoms with Crippen LogP contribution in [0.3, 0.4) is 0 Å². The molecule has 1 saturated carbocycles. The number of ether oxygens (including phenoxy) is 1. The molecule has 0 radical (unpaired) electrons. The zero-order valence-electron chi connectivity index (χ0n) is 13.5. The Labute approximate surface area is 142 Å². The number of esters is 1. The van der Waals surface area contributed by atoms with Gasteiger partial charge in [-0.3, -0.25) is 14.9 Å². The third-order valence-electron chi connectivity index (χ3n) is 4.52. The summed E-state index contributed by atoms with van der Waals surface area (Å²) >= 11 is -2.17. The molecule has 8 heteroatoms.